The first-order valence-corrected chi connectivity index (χ1v) is 6.92. The predicted molar refractivity (Wildman–Crippen MR) is 80.8 cm³/mol. The molecule has 2 N–H and O–H groups in total. The number of carboxylic acid groups (broad SMARTS) is 2. The van der Waals surface area contributed by atoms with Gasteiger partial charge in [0, 0.05) is 11.0 Å². The molecule has 0 aliphatic carbocycles. The fourth-order valence-corrected chi connectivity index (χ4v) is 1.68. The number of rotatable bonds is 6. The summed E-state index contributed by atoms with van der Waals surface area (Å²) in [7, 11) is 0. The molecule has 0 saturated heterocycles. The number of carboxylic acids is 2. The van der Waals surface area contributed by atoms with Crippen LogP contribution in [0.5, 0.6) is 0 Å². The number of benzene rings is 1. The summed E-state index contributed by atoms with van der Waals surface area (Å²) in [5, 5.41) is 17.9. The van der Waals surface area contributed by atoms with E-state index in [2.05, 4.69) is 0 Å². The quantitative estimate of drug-likeness (QED) is 0.474. The Labute approximate surface area is 122 Å². The van der Waals surface area contributed by atoms with E-state index in [1.54, 1.807) is 11.5 Å². The van der Waals surface area contributed by atoms with Crippen LogP contribution in [0.4, 0.5) is 0 Å². The molecule has 20 heavy (non-hydrogen) atoms. The second-order valence-corrected chi connectivity index (χ2v) is 4.53. The van der Waals surface area contributed by atoms with Gasteiger partial charge in [0.05, 0.1) is 6.42 Å². The average Bonchev–Trinajstić information content (AvgIpc) is 2.40. The Morgan fingerprint density at radius 1 is 1.15 bits per heavy atom. The lowest BCUT2D eigenvalue weighted by molar-refractivity contribution is -0.136. The molecule has 0 aliphatic heterocycles. The van der Waals surface area contributed by atoms with Gasteiger partial charge in [0.25, 0.3) is 0 Å². The monoisotopic (exact) mass is 294 g/mol. The van der Waals surface area contributed by atoms with E-state index in [0.29, 0.717) is 0 Å². The molecule has 1 rings (SSSR count). The van der Waals surface area contributed by atoms with Crippen molar-refractivity contribution in [1.82, 2.24) is 0 Å². The maximum absolute atomic E-state index is 10.1. The highest BCUT2D eigenvalue weighted by molar-refractivity contribution is 8.02. The molecule has 4 nitrogen and oxygen atoms in total. The Bertz CT molecular complexity index is 452. The van der Waals surface area contributed by atoms with Crippen molar-refractivity contribution in [3.05, 3.63) is 54.0 Å². The van der Waals surface area contributed by atoms with E-state index < -0.39 is 11.9 Å². The van der Waals surface area contributed by atoms with E-state index in [9.17, 15) is 9.59 Å². The minimum atomic E-state index is -0.918. The number of aliphatic carboxylic acids is 2. The van der Waals surface area contributed by atoms with Crippen molar-refractivity contribution in [2.45, 2.75) is 24.7 Å². The fourth-order valence-electron chi connectivity index (χ4n) is 1.02. The Morgan fingerprint density at radius 3 is 2.30 bits per heavy atom. The molecule has 0 aliphatic rings. The van der Waals surface area contributed by atoms with Crippen molar-refractivity contribution < 1.29 is 19.8 Å². The van der Waals surface area contributed by atoms with Gasteiger partial charge in [0.1, 0.15) is 0 Å². The maximum Gasteiger partial charge on any atom is 0.328 e. The zero-order valence-corrected chi connectivity index (χ0v) is 12.0. The molecule has 1 aromatic rings. The SMILES string of the molecule is CC/C=C/CC(=O)O.O=C(O)/C=C/Sc1ccccc1. The number of carbonyl (C=O) groups is 2. The Kier molecular flexibility index (Phi) is 10.8. The second kappa shape index (κ2) is 12.0. The molecule has 5 heteroatoms. The van der Waals surface area contributed by atoms with Gasteiger partial charge in [-0.05, 0) is 24.0 Å². The molecular formula is C15H18O4S. The molecule has 1 aromatic carbocycles. The molecular weight excluding hydrogens is 276 g/mol. The van der Waals surface area contributed by atoms with E-state index in [-0.39, 0.29) is 6.42 Å². The molecule has 0 radical (unpaired) electrons. The van der Waals surface area contributed by atoms with Crippen LogP contribution in [0.15, 0.2) is 58.9 Å². The molecule has 0 aromatic heterocycles. The number of thioether (sulfide) groups is 1. The lowest BCUT2D eigenvalue weighted by atomic mass is 10.3. The van der Waals surface area contributed by atoms with Crippen LogP contribution in [0.1, 0.15) is 19.8 Å². The van der Waals surface area contributed by atoms with Crippen molar-refractivity contribution in [1.29, 1.82) is 0 Å². The molecule has 0 atom stereocenters. The van der Waals surface area contributed by atoms with Crippen LogP contribution in [0, 0.1) is 0 Å². The summed E-state index contributed by atoms with van der Waals surface area (Å²) in [6, 6.07) is 9.60. The summed E-state index contributed by atoms with van der Waals surface area (Å²) >= 11 is 1.39. The van der Waals surface area contributed by atoms with Crippen LogP contribution in [-0.2, 0) is 9.59 Å². The summed E-state index contributed by atoms with van der Waals surface area (Å²) in [4.78, 5) is 20.9. The minimum Gasteiger partial charge on any atom is -0.481 e. The van der Waals surface area contributed by atoms with Crippen molar-refractivity contribution >= 4 is 23.7 Å². The van der Waals surface area contributed by atoms with Crippen LogP contribution >= 0.6 is 11.8 Å². The van der Waals surface area contributed by atoms with Crippen molar-refractivity contribution in [3.63, 3.8) is 0 Å². The highest BCUT2D eigenvalue weighted by Gasteiger charge is 1.88. The number of hydrogen-bond donors (Lipinski definition) is 2. The largest absolute Gasteiger partial charge is 0.481 e. The lowest BCUT2D eigenvalue weighted by Gasteiger charge is -1.91. The standard InChI is InChI=1S/C9H8O2S.C6H10O2/c10-9(11)6-7-12-8-4-2-1-3-5-8;1-2-3-4-5-6(7)8/h1-7H,(H,10,11);3-4H,2,5H2,1H3,(H,7,8)/b7-6+;4-3+. The number of hydrogen-bond acceptors (Lipinski definition) is 3. The minimum absolute atomic E-state index is 0.147. The summed E-state index contributed by atoms with van der Waals surface area (Å²) in [6.45, 7) is 1.97. The third kappa shape index (κ3) is 12.4. The van der Waals surface area contributed by atoms with E-state index in [1.807, 2.05) is 43.3 Å². The van der Waals surface area contributed by atoms with Gasteiger partial charge >= 0.3 is 11.9 Å². The number of allylic oxidation sites excluding steroid dienone is 1. The average molecular weight is 294 g/mol. The van der Waals surface area contributed by atoms with Gasteiger partial charge in [-0.3, -0.25) is 4.79 Å². The first kappa shape index (κ1) is 18.0. The predicted octanol–water partition coefficient (Wildman–Crippen LogP) is 3.80. The van der Waals surface area contributed by atoms with Gasteiger partial charge in [-0.2, -0.15) is 0 Å². The zero-order valence-electron chi connectivity index (χ0n) is 11.2. The van der Waals surface area contributed by atoms with Crippen molar-refractivity contribution in [3.8, 4) is 0 Å². The molecule has 0 heterocycles. The van der Waals surface area contributed by atoms with Crippen LogP contribution in [0.25, 0.3) is 0 Å². The lowest BCUT2D eigenvalue weighted by Crippen LogP contribution is -1.89. The van der Waals surface area contributed by atoms with Crippen LogP contribution in [0.3, 0.4) is 0 Å². The van der Waals surface area contributed by atoms with Gasteiger partial charge in [-0.25, -0.2) is 4.79 Å². The topological polar surface area (TPSA) is 74.6 Å². The first-order chi connectivity index (χ1) is 9.56. The first-order valence-electron chi connectivity index (χ1n) is 6.04. The van der Waals surface area contributed by atoms with E-state index in [4.69, 9.17) is 10.2 Å². The Hall–Kier alpha value is -2.01. The molecule has 108 valence electrons. The van der Waals surface area contributed by atoms with Gasteiger partial charge in [0.2, 0.25) is 0 Å². The van der Waals surface area contributed by atoms with Gasteiger partial charge < -0.3 is 10.2 Å². The van der Waals surface area contributed by atoms with Gasteiger partial charge in [-0.1, -0.05) is 49.0 Å². The molecule has 0 fully saturated rings. The third-order valence-electron chi connectivity index (χ3n) is 1.85. The molecule has 0 bridgehead atoms. The fraction of sp³-hybridized carbons (Fsp3) is 0.200. The molecule has 0 saturated carbocycles. The smallest absolute Gasteiger partial charge is 0.328 e. The summed E-state index contributed by atoms with van der Waals surface area (Å²) in [5.41, 5.74) is 0. The Morgan fingerprint density at radius 2 is 1.80 bits per heavy atom. The maximum atomic E-state index is 10.1. The van der Waals surface area contributed by atoms with Crippen molar-refractivity contribution in [2.75, 3.05) is 0 Å². The second-order valence-electron chi connectivity index (χ2n) is 3.55. The van der Waals surface area contributed by atoms with E-state index in [0.717, 1.165) is 17.4 Å². The van der Waals surface area contributed by atoms with Crippen LogP contribution in [0.2, 0.25) is 0 Å². The van der Waals surface area contributed by atoms with Crippen LogP contribution in [-0.4, -0.2) is 22.2 Å². The molecule has 0 unspecified atom stereocenters. The van der Waals surface area contributed by atoms with E-state index in [1.165, 1.54) is 11.8 Å². The zero-order chi connectivity index (χ0) is 15.2. The molecule has 0 amide bonds. The summed E-state index contributed by atoms with van der Waals surface area (Å²) in [6.07, 6.45) is 5.68. The highest BCUT2D eigenvalue weighted by Crippen LogP contribution is 2.17. The van der Waals surface area contributed by atoms with Gasteiger partial charge in [-0.15, -0.1) is 0 Å². The van der Waals surface area contributed by atoms with E-state index >= 15 is 0 Å². The van der Waals surface area contributed by atoms with Crippen molar-refractivity contribution in [2.24, 2.45) is 0 Å². The van der Waals surface area contributed by atoms with Crippen LogP contribution < -0.4 is 0 Å². The normalized spacial score (nSPS) is 10.2. The third-order valence-corrected chi connectivity index (χ3v) is 2.67. The highest BCUT2D eigenvalue weighted by atomic mass is 32.2. The van der Waals surface area contributed by atoms with Gasteiger partial charge in [0.15, 0.2) is 0 Å². The summed E-state index contributed by atoms with van der Waals surface area (Å²) in [5.74, 6) is -1.69. The molecule has 0 spiro atoms. The Balaban J connectivity index is 0.000000396. The summed E-state index contributed by atoms with van der Waals surface area (Å²) < 4.78 is 0.